The maximum atomic E-state index is 12.3. The lowest BCUT2D eigenvalue weighted by molar-refractivity contribution is -0.118. The number of carbonyl (C=O) groups excluding carboxylic acids is 1. The number of carbonyl (C=O) groups is 1. The van der Waals surface area contributed by atoms with Gasteiger partial charge in [0.1, 0.15) is 5.01 Å². The minimum atomic E-state index is -0.0218. The Kier molecular flexibility index (Phi) is 5.25. The van der Waals surface area contributed by atoms with Crippen molar-refractivity contribution in [3.05, 3.63) is 22.5 Å². The molecule has 0 bridgehead atoms. The van der Waals surface area contributed by atoms with Crippen LogP contribution in [0.1, 0.15) is 35.7 Å². The summed E-state index contributed by atoms with van der Waals surface area (Å²) in [6.45, 7) is 8.15. The van der Waals surface area contributed by atoms with Crippen LogP contribution in [0.25, 0.3) is 0 Å². The molecule has 1 aliphatic heterocycles. The molecule has 1 aliphatic rings. The molecule has 1 fully saturated rings. The Hall–Kier alpha value is -1.80. The highest BCUT2D eigenvalue weighted by molar-refractivity contribution is 7.15. The first-order valence-corrected chi connectivity index (χ1v) is 9.18. The molecule has 1 N–H and O–H groups in total. The van der Waals surface area contributed by atoms with Crippen LogP contribution in [0.5, 0.6) is 0 Å². The molecule has 0 radical (unpaired) electrons. The predicted octanol–water partition coefficient (Wildman–Crippen LogP) is 2.15. The molecule has 7 nitrogen and oxygen atoms in total. The number of aromatic nitrogens is 4. The smallest absolute Gasteiger partial charge is 0.240 e. The third-order valence-corrected chi connectivity index (χ3v) is 5.11. The van der Waals surface area contributed by atoms with E-state index in [0.29, 0.717) is 17.7 Å². The van der Waals surface area contributed by atoms with E-state index in [1.54, 1.807) is 0 Å². The second-order valence-electron chi connectivity index (χ2n) is 6.40. The lowest BCUT2D eigenvalue weighted by Crippen LogP contribution is -2.46. The summed E-state index contributed by atoms with van der Waals surface area (Å²) >= 11 is 1.40. The van der Waals surface area contributed by atoms with E-state index in [1.165, 1.54) is 23.5 Å². The molecule has 2 aromatic heterocycles. The predicted molar refractivity (Wildman–Crippen MR) is 94.2 cm³/mol. The van der Waals surface area contributed by atoms with Crippen molar-refractivity contribution in [2.24, 2.45) is 0 Å². The third-order valence-electron chi connectivity index (χ3n) is 4.36. The van der Waals surface area contributed by atoms with Crippen molar-refractivity contribution in [3.8, 4) is 0 Å². The third kappa shape index (κ3) is 4.18. The Balaban J connectivity index is 1.61. The summed E-state index contributed by atoms with van der Waals surface area (Å²) in [6.07, 6.45) is 3.44. The van der Waals surface area contributed by atoms with Crippen molar-refractivity contribution in [1.29, 1.82) is 0 Å². The highest BCUT2D eigenvalue weighted by Crippen LogP contribution is 2.20. The number of aryl methyl sites for hydroxylation is 3. The zero-order valence-corrected chi connectivity index (χ0v) is 15.3. The van der Waals surface area contributed by atoms with E-state index in [2.05, 4.69) is 43.2 Å². The van der Waals surface area contributed by atoms with Gasteiger partial charge in [-0.15, -0.1) is 10.2 Å². The van der Waals surface area contributed by atoms with Gasteiger partial charge in [-0.05, 0) is 46.2 Å². The van der Waals surface area contributed by atoms with Crippen molar-refractivity contribution in [2.45, 2.75) is 52.6 Å². The molecule has 0 aliphatic carbocycles. The van der Waals surface area contributed by atoms with E-state index < -0.39 is 0 Å². The standard InChI is InChI=1S/C16H24N6OS/c1-11-8-12(2)22(20-11)9-14-6-4-5-7-21(14)10-15(23)17-16-19-18-13(3)24-16/h8,14H,4-7,9-10H2,1-3H3,(H,17,19,23). The highest BCUT2D eigenvalue weighted by atomic mass is 32.1. The van der Waals surface area contributed by atoms with Crippen LogP contribution in [0, 0.1) is 20.8 Å². The Morgan fingerprint density at radius 1 is 1.33 bits per heavy atom. The lowest BCUT2D eigenvalue weighted by atomic mass is 10.0. The number of likely N-dealkylation sites (tertiary alicyclic amines) is 1. The second kappa shape index (κ2) is 7.40. The molecule has 3 rings (SSSR count). The molecule has 0 spiro atoms. The van der Waals surface area contributed by atoms with Crippen molar-refractivity contribution in [3.63, 3.8) is 0 Å². The minimum absolute atomic E-state index is 0.0218. The molecule has 1 amide bonds. The Bertz CT molecular complexity index is 709. The summed E-state index contributed by atoms with van der Waals surface area (Å²) in [5.41, 5.74) is 2.21. The van der Waals surface area contributed by atoms with Crippen LogP contribution in [0.4, 0.5) is 5.13 Å². The molecular formula is C16H24N6OS. The molecule has 1 saturated heterocycles. The Morgan fingerprint density at radius 2 is 2.17 bits per heavy atom. The second-order valence-corrected chi connectivity index (χ2v) is 7.59. The summed E-state index contributed by atoms with van der Waals surface area (Å²) in [6, 6.07) is 2.44. The fourth-order valence-corrected chi connectivity index (χ4v) is 3.83. The van der Waals surface area contributed by atoms with Crippen LogP contribution in [0.2, 0.25) is 0 Å². The van der Waals surface area contributed by atoms with E-state index in [1.807, 2.05) is 13.8 Å². The van der Waals surface area contributed by atoms with Crippen LogP contribution in [-0.2, 0) is 11.3 Å². The maximum absolute atomic E-state index is 12.3. The molecule has 8 heteroatoms. The SMILES string of the molecule is Cc1cc(C)n(CC2CCCCN2CC(=O)Nc2nnc(C)s2)n1. The summed E-state index contributed by atoms with van der Waals surface area (Å²) in [7, 11) is 0. The molecule has 3 heterocycles. The number of nitrogens with one attached hydrogen (secondary N) is 1. The maximum Gasteiger partial charge on any atom is 0.240 e. The van der Waals surface area contributed by atoms with Gasteiger partial charge >= 0.3 is 0 Å². The Morgan fingerprint density at radius 3 is 2.83 bits per heavy atom. The number of anilines is 1. The molecule has 0 saturated carbocycles. The number of hydrogen-bond acceptors (Lipinski definition) is 6. The lowest BCUT2D eigenvalue weighted by Gasteiger charge is -2.35. The van der Waals surface area contributed by atoms with Crippen molar-refractivity contribution < 1.29 is 4.79 Å². The number of nitrogens with zero attached hydrogens (tertiary/aromatic N) is 5. The van der Waals surface area contributed by atoms with Crippen molar-refractivity contribution >= 4 is 22.4 Å². The van der Waals surface area contributed by atoms with Gasteiger partial charge in [0.05, 0.1) is 18.8 Å². The molecule has 1 atom stereocenters. The summed E-state index contributed by atoms with van der Waals surface area (Å²) < 4.78 is 2.06. The number of amides is 1. The quantitative estimate of drug-likeness (QED) is 0.896. The van der Waals surface area contributed by atoms with E-state index in [-0.39, 0.29) is 5.91 Å². The Labute approximate surface area is 146 Å². The largest absolute Gasteiger partial charge is 0.299 e. The van der Waals surface area contributed by atoms with Crippen LogP contribution in [-0.4, -0.2) is 49.9 Å². The zero-order valence-electron chi connectivity index (χ0n) is 14.4. The first-order valence-electron chi connectivity index (χ1n) is 8.36. The van der Waals surface area contributed by atoms with Crippen molar-refractivity contribution in [1.82, 2.24) is 24.9 Å². The van der Waals surface area contributed by atoms with Crippen molar-refractivity contribution in [2.75, 3.05) is 18.4 Å². The number of piperidine rings is 1. The molecular weight excluding hydrogens is 324 g/mol. The first-order chi connectivity index (χ1) is 11.5. The highest BCUT2D eigenvalue weighted by Gasteiger charge is 2.25. The van der Waals surface area contributed by atoms with E-state index in [9.17, 15) is 4.79 Å². The van der Waals surface area contributed by atoms with Gasteiger partial charge in [0.2, 0.25) is 11.0 Å². The number of rotatable bonds is 5. The topological polar surface area (TPSA) is 75.9 Å². The normalized spacial score (nSPS) is 18.7. The van der Waals surface area contributed by atoms with Gasteiger partial charge in [-0.3, -0.25) is 19.7 Å². The fourth-order valence-electron chi connectivity index (χ4n) is 3.22. The molecule has 2 aromatic rings. The van der Waals surface area contributed by atoms with Crippen LogP contribution >= 0.6 is 11.3 Å². The van der Waals surface area contributed by atoms with Gasteiger partial charge < -0.3 is 0 Å². The van der Waals surface area contributed by atoms with Gasteiger partial charge in [0.15, 0.2) is 0 Å². The zero-order chi connectivity index (χ0) is 17.1. The first kappa shape index (κ1) is 17.0. The van der Waals surface area contributed by atoms with Crippen LogP contribution in [0.15, 0.2) is 6.07 Å². The summed E-state index contributed by atoms with van der Waals surface area (Å²) in [4.78, 5) is 14.6. The average Bonchev–Trinajstić information content (AvgIpc) is 3.06. The number of hydrogen-bond donors (Lipinski definition) is 1. The van der Waals surface area contributed by atoms with E-state index in [4.69, 9.17) is 0 Å². The van der Waals surface area contributed by atoms with E-state index in [0.717, 1.165) is 36.6 Å². The molecule has 24 heavy (non-hydrogen) atoms. The van der Waals surface area contributed by atoms with Gasteiger partial charge in [-0.1, -0.05) is 17.8 Å². The average molecular weight is 348 g/mol. The van der Waals surface area contributed by atoms with Gasteiger partial charge in [0.25, 0.3) is 0 Å². The van der Waals surface area contributed by atoms with Gasteiger partial charge in [0, 0.05) is 11.7 Å². The summed E-state index contributed by atoms with van der Waals surface area (Å²) in [5.74, 6) is -0.0218. The minimum Gasteiger partial charge on any atom is -0.299 e. The van der Waals surface area contributed by atoms with Crippen LogP contribution in [0.3, 0.4) is 0 Å². The molecule has 1 unspecified atom stereocenters. The monoisotopic (exact) mass is 348 g/mol. The van der Waals surface area contributed by atoms with Gasteiger partial charge in [-0.25, -0.2) is 0 Å². The molecule has 0 aromatic carbocycles. The van der Waals surface area contributed by atoms with Crippen LogP contribution < -0.4 is 5.32 Å². The summed E-state index contributed by atoms with van der Waals surface area (Å²) in [5, 5.41) is 16.7. The van der Waals surface area contributed by atoms with E-state index >= 15 is 0 Å². The molecule has 130 valence electrons. The fraction of sp³-hybridized carbons (Fsp3) is 0.625. The van der Waals surface area contributed by atoms with Gasteiger partial charge in [-0.2, -0.15) is 5.10 Å².